The predicted molar refractivity (Wildman–Crippen MR) is 100 cm³/mol. The third-order valence-electron chi connectivity index (χ3n) is 3.99. The van der Waals surface area contributed by atoms with Crippen molar-refractivity contribution >= 4 is 17.2 Å². The maximum absolute atomic E-state index is 12.4. The summed E-state index contributed by atoms with van der Waals surface area (Å²) >= 11 is 1.52. The van der Waals surface area contributed by atoms with Crippen LogP contribution in [0.2, 0.25) is 0 Å². The van der Waals surface area contributed by atoms with Gasteiger partial charge in [0.15, 0.2) is 0 Å². The maximum Gasteiger partial charge on any atom is 0.328 e. The summed E-state index contributed by atoms with van der Waals surface area (Å²) < 4.78 is 0.954. The molecular formula is C18H18N4O3S. The summed E-state index contributed by atoms with van der Waals surface area (Å²) in [6.07, 6.45) is 1.22. The Hall–Kier alpha value is -3.00. The number of nitrogens with zero attached hydrogens (tertiary/aromatic N) is 3. The fraction of sp³-hybridized carbons (Fsp3) is 0.222. The highest BCUT2D eigenvalue weighted by molar-refractivity contribution is 7.13. The lowest BCUT2D eigenvalue weighted by molar-refractivity contribution is -0.129. The molecule has 0 aliphatic heterocycles. The van der Waals surface area contributed by atoms with Gasteiger partial charge in [-0.15, -0.1) is 11.3 Å². The predicted octanol–water partition coefficient (Wildman–Crippen LogP) is 1.40. The topological polar surface area (TPSA) is 88.1 Å². The van der Waals surface area contributed by atoms with Crippen molar-refractivity contribution in [2.24, 2.45) is 7.05 Å². The molecule has 0 spiro atoms. The van der Waals surface area contributed by atoms with E-state index in [4.69, 9.17) is 0 Å². The first-order valence-electron chi connectivity index (χ1n) is 7.97. The van der Waals surface area contributed by atoms with Gasteiger partial charge >= 0.3 is 5.69 Å². The second-order valence-electron chi connectivity index (χ2n) is 5.92. The van der Waals surface area contributed by atoms with Gasteiger partial charge in [-0.1, -0.05) is 30.3 Å². The van der Waals surface area contributed by atoms with Crippen LogP contribution in [-0.4, -0.2) is 32.4 Å². The van der Waals surface area contributed by atoms with Crippen molar-refractivity contribution in [3.63, 3.8) is 0 Å². The second kappa shape index (κ2) is 7.49. The lowest BCUT2D eigenvalue weighted by Gasteiger charge is -2.15. The van der Waals surface area contributed by atoms with E-state index in [0.717, 1.165) is 20.8 Å². The molecule has 0 saturated heterocycles. The molecule has 0 unspecified atom stereocenters. The van der Waals surface area contributed by atoms with Crippen LogP contribution >= 0.6 is 11.3 Å². The van der Waals surface area contributed by atoms with Crippen molar-refractivity contribution in [2.45, 2.75) is 13.0 Å². The van der Waals surface area contributed by atoms with Gasteiger partial charge in [0.05, 0.1) is 18.7 Å². The first kappa shape index (κ1) is 17.8. The van der Waals surface area contributed by atoms with Gasteiger partial charge < -0.3 is 9.88 Å². The molecule has 7 nitrogen and oxygen atoms in total. The van der Waals surface area contributed by atoms with Crippen LogP contribution in [0.4, 0.5) is 0 Å². The molecule has 0 atom stereocenters. The number of thiazole rings is 1. The summed E-state index contributed by atoms with van der Waals surface area (Å²) in [6, 6.07) is 9.84. The summed E-state index contributed by atoms with van der Waals surface area (Å²) in [5, 5.41) is 2.82. The highest BCUT2D eigenvalue weighted by atomic mass is 32.1. The van der Waals surface area contributed by atoms with Crippen molar-refractivity contribution < 1.29 is 4.79 Å². The largest absolute Gasteiger partial charge is 0.340 e. The number of carbonyl (C=O) groups excluding carboxylic acids is 1. The third kappa shape index (κ3) is 3.80. The molecule has 26 heavy (non-hydrogen) atoms. The fourth-order valence-electron chi connectivity index (χ4n) is 2.46. The number of carbonyl (C=O) groups is 1. The average molecular weight is 370 g/mol. The van der Waals surface area contributed by atoms with E-state index in [1.165, 1.54) is 29.5 Å². The van der Waals surface area contributed by atoms with E-state index in [9.17, 15) is 14.4 Å². The first-order chi connectivity index (χ1) is 12.5. The smallest absolute Gasteiger partial charge is 0.328 e. The summed E-state index contributed by atoms with van der Waals surface area (Å²) in [4.78, 5) is 44.3. The number of nitrogens with one attached hydrogen (secondary N) is 1. The molecule has 0 saturated carbocycles. The van der Waals surface area contributed by atoms with Crippen LogP contribution in [0.3, 0.4) is 0 Å². The Labute approximate surface area is 153 Å². The molecule has 8 heteroatoms. The Morgan fingerprint density at radius 1 is 1.27 bits per heavy atom. The van der Waals surface area contributed by atoms with E-state index in [-0.39, 0.29) is 17.9 Å². The number of rotatable bonds is 5. The molecule has 1 N–H and O–H groups in total. The Morgan fingerprint density at radius 2 is 2.00 bits per heavy atom. The molecule has 0 aliphatic carbocycles. The number of likely N-dealkylation sites (N-methyl/N-ethyl adjacent to an activating group) is 1. The van der Waals surface area contributed by atoms with Gasteiger partial charge in [0.2, 0.25) is 5.91 Å². The van der Waals surface area contributed by atoms with Gasteiger partial charge in [-0.2, -0.15) is 0 Å². The molecule has 3 rings (SSSR count). The number of H-pyrrole nitrogens is 1. The number of benzene rings is 1. The molecular weight excluding hydrogens is 352 g/mol. The Morgan fingerprint density at radius 3 is 2.73 bits per heavy atom. The minimum atomic E-state index is -0.504. The Bertz CT molecular complexity index is 1040. The average Bonchev–Trinajstić information content (AvgIpc) is 3.11. The molecule has 0 aliphatic rings. The standard InChI is InChI=1S/C18H18N4O3S/c1-21(15(23)8-13-9-19-18(25)22(2)17(13)24)10-14-11-26-16(20-14)12-6-4-3-5-7-12/h3-7,9,11H,8,10H2,1-2H3,(H,19,25). The van der Waals surface area contributed by atoms with Gasteiger partial charge in [-0.05, 0) is 0 Å². The Kier molecular flexibility index (Phi) is 5.13. The van der Waals surface area contributed by atoms with Gasteiger partial charge in [0.25, 0.3) is 5.56 Å². The van der Waals surface area contributed by atoms with Gasteiger partial charge in [0, 0.05) is 36.8 Å². The van der Waals surface area contributed by atoms with Gasteiger partial charge in [-0.25, -0.2) is 9.78 Å². The quantitative estimate of drug-likeness (QED) is 0.735. The number of hydrogen-bond donors (Lipinski definition) is 1. The van der Waals surface area contributed by atoms with Crippen molar-refractivity contribution in [3.05, 3.63) is 74.0 Å². The molecule has 0 fully saturated rings. The zero-order valence-corrected chi connectivity index (χ0v) is 15.2. The summed E-state index contributed by atoms with van der Waals surface area (Å²) in [5.41, 5.74) is 1.12. The van der Waals surface area contributed by atoms with Crippen LogP contribution in [0, 0.1) is 0 Å². The van der Waals surface area contributed by atoms with Crippen molar-refractivity contribution in [1.29, 1.82) is 0 Å². The van der Waals surface area contributed by atoms with Crippen LogP contribution < -0.4 is 11.2 Å². The second-order valence-corrected chi connectivity index (χ2v) is 6.78. The summed E-state index contributed by atoms with van der Waals surface area (Å²) in [7, 11) is 3.04. The van der Waals surface area contributed by atoms with Gasteiger partial charge in [0.1, 0.15) is 5.01 Å². The molecule has 2 aromatic heterocycles. The lowest BCUT2D eigenvalue weighted by Crippen LogP contribution is -2.37. The summed E-state index contributed by atoms with van der Waals surface area (Å²) in [5.74, 6) is -0.219. The fourth-order valence-corrected chi connectivity index (χ4v) is 3.28. The van der Waals surface area contributed by atoms with Gasteiger partial charge in [-0.3, -0.25) is 14.2 Å². The number of aromatic amines is 1. The van der Waals surface area contributed by atoms with Crippen molar-refractivity contribution in [1.82, 2.24) is 19.4 Å². The van der Waals surface area contributed by atoms with Crippen molar-refractivity contribution in [2.75, 3.05) is 7.05 Å². The van der Waals surface area contributed by atoms with E-state index >= 15 is 0 Å². The van der Waals surface area contributed by atoms with E-state index < -0.39 is 11.2 Å². The number of hydrogen-bond acceptors (Lipinski definition) is 5. The summed E-state index contributed by atoms with van der Waals surface area (Å²) in [6.45, 7) is 0.353. The first-order valence-corrected chi connectivity index (χ1v) is 8.85. The van der Waals surface area contributed by atoms with E-state index in [0.29, 0.717) is 6.54 Å². The van der Waals surface area contributed by atoms with Crippen LogP contribution in [0.1, 0.15) is 11.3 Å². The normalized spacial score (nSPS) is 10.7. The maximum atomic E-state index is 12.4. The Balaban J connectivity index is 1.69. The number of aromatic nitrogens is 3. The van der Waals surface area contributed by atoms with Crippen LogP contribution in [0.5, 0.6) is 0 Å². The molecule has 134 valence electrons. The minimum absolute atomic E-state index is 0.0738. The third-order valence-corrected chi connectivity index (χ3v) is 4.93. The SMILES string of the molecule is CN(Cc1csc(-c2ccccc2)n1)C(=O)Cc1c[nH]c(=O)n(C)c1=O. The van der Waals surface area contributed by atoms with Crippen LogP contribution in [0.25, 0.3) is 10.6 Å². The molecule has 0 bridgehead atoms. The zero-order valence-electron chi connectivity index (χ0n) is 14.4. The molecule has 3 aromatic rings. The van der Waals surface area contributed by atoms with E-state index in [2.05, 4.69) is 9.97 Å². The van der Waals surface area contributed by atoms with Crippen LogP contribution in [-0.2, 0) is 24.8 Å². The monoisotopic (exact) mass is 370 g/mol. The minimum Gasteiger partial charge on any atom is -0.340 e. The highest BCUT2D eigenvalue weighted by Gasteiger charge is 2.15. The zero-order chi connectivity index (χ0) is 18.7. The van der Waals surface area contributed by atoms with Crippen LogP contribution in [0.15, 0.2) is 51.5 Å². The highest BCUT2D eigenvalue weighted by Crippen LogP contribution is 2.23. The molecule has 1 amide bonds. The molecule has 1 aromatic carbocycles. The molecule has 2 heterocycles. The lowest BCUT2D eigenvalue weighted by atomic mass is 10.2. The van der Waals surface area contributed by atoms with Crippen molar-refractivity contribution in [3.8, 4) is 10.6 Å². The van der Waals surface area contributed by atoms with E-state index in [1.807, 2.05) is 35.7 Å². The number of amides is 1. The molecule has 0 radical (unpaired) electrons. The van der Waals surface area contributed by atoms with E-state index in [1.54, 1.807) is 7.05 Å².